The molecule has 7 nitrogen and oxygen atoms in total. The number of benzene rings is 2. The molecule has 2 saturated heterocycles. The predicted octanol–water partition coefficient (Wildman–Crippen LogP) is 5.83. The van der Waals surface area contributed by atoms with E-state index in [1.807, 2.05) is 0 Å². The third-order valence-corrected chi connectivity index (χ3v) is 8.62. The van der Waals surface area contributed by atoms with Gasteiger partial charge in [0.15, 0.2) is 0 Å². The standard InChI is InChI=1S/C30H28F5N5O2/c1-29(42,20-4-2-3-17(13-20)26(31)32)19-8-5-16(6-9-19)24-25-27(36)37-11-12-39(25)28(38-24)18-7-10-22-21(30(33,34)35)14-23(41)40(22)15-18/h2-6,8-9,11-13,18,21-22,26,42H,7,10,14-15H2,1H3,(H2,36,37)/t18-,21?,22+,29?/m1/s1. The Hall–Kier alpha value is -4.06. The summed E-state index contributed by atoms with van der Waals surface area (Å²) in [6, 6.07) is 11.6. The number of nitrogens with two attached hydrogens (primary N) is 1. The first-order chi connectivity index (χ1) is 19.9. The van der Waals surface area contributed by atoms with Crippen molar-refractivity contribution in [3.05, 3.63) is 83.4 Å². The van der Waals surface area contributed by atoms with Crippen molar-refractivity contribution >= 4 is 17.2 Å². The fourth-order valence-corrected chi connectivity index (χ4v) is 6.36. The van der Waals surface area contributed by atoms with Crippen LogP contribution in [-0.4, -0.2) is 49.0 Å². The van der Waals surface area contributed by atoms with Gasteiger partial charge in [-0.15, -0.1) is 0 Å². The molecule has 4 heterocycles. The maximum atomic E-state index is 13.6. The smallest absolute Gasteiger partial charge is 0.382 e. The van der Waals surface area contributed by atoms with E-state index < -0.39 is 42.5 Å². The molecule has 220 valence electrons. The zero-order valence-corrected chi connectivity index (χ0v) is 22.5. The van der Waals surface area contributed by atoms with Gasteiger partial charge in [-0.05, 0) is 37.0 Å². The first kappa shape index (κ1) is 28.1. The molecule has 2 aromatic carbocycles. The quantitative estimate of drug-likeness (QED) is 0.288. The van der Waals surface area contributed by atoms with Crippen LogP contribution in [0.25, 0.3) is 16.8 Å². The fraction of sp³-hybridized carbons (Fsp3) is 0.367. The molecule has 1 amide bonds. The first-order valence-electron chi connectivity index (χ1n) is 13.6. The van der Waals surface area contributed by atoms with Gasteiger partial charge in [-0.25, -0.2) is 18.7 Å². The van der Waals surface area contributed by atoms with Gasteiger partial charge in [0.25, 0.3) is 6.43 Å². The summed E-state index contributed by atoms with van der Waals surface area (Å²) in [5.41, 5.74) is 6.95. The second kappa shape index (κ2) is 10.0. The minimum atomic E-state index is -4.43. The second-order valence-electron chi connectivity index (χ2n) is 11.2. The number of hydrogen-bond acceptors (Lipinski definition) is 5. The largest absolute Gasteiger partial charge is 0.394 e. The fourth-order valence-electron chi connectivity index (χ4n) is 6.36. The summed E-state index contributed by atoms with van der Waals surface area (Å²) in [6.45, 7) is 1.65. The number of carbonyl (C=O) groups is 1. The van der Waals surface area contributed by atoms with E-state index in [9.17, 15) is 31.9 Å². The van der Waals surface area contributed by atoms with Gasteiger partial charge in [0.1, 0.15) is 28.5 Å². The number of hydrogen-bond donors (Lipinski definition) is 2. The molecule has 0 spiro atoms. The van der Waals surface area contributed by atoms with Crippen molar-refractivity contribution in [2.24, 2.45) is 5.92 Å². The summed E-state index contributed by atoms with van der Waals surface area (Å²) in [7, 11) is 0. The maximum absolute atomic E-state index is 13.6. The van der Waals surface area contributed by atoms with Crippen LogP contribution in [0.5, 0.6) is 0 Å². The number of nitrogen functional groups attached to an aromatic ring is 1. The molecule has 42 heavy (non-hydrogen) atoms. The van der Waals surface area contributed by atoms with Crippen LogP contribution in [0.2, 0.25) is 0 Å². The summed E-state index contributed by atoms with van der Waals surface area (Å²) >= 11 is 0. The zero-order chi connectivity index (χ0) is 30.0. The lowest BCUT2D eigenvalue weighted by Gasteiger charge is -2.37. The van der Waals surface area contributed by atoms with Crippen molar-refractivity contribution in [3.8, 4) is 11.3 Å². The van der Waals surface area contributed by atoms with Crippen molar-refractivity contribution in [1.29, 1.82) is 0 Å². The van der Waals surface area contributed by atoms with Gasteiger partial charge in [0.05, 0.1) is 5.92 Å². The lowest BCUT2D eigenvalue weighted by atomic mass is 9.87. The van der Waals surface area contributed by atoms with Gasteiger partial charge in [-0.2, -0.15) is 13.2 Å². The summed E-state index contributed by atoms with van der Waals surface area (Å²) in [5, 5.41) is 11.3. The summed E-state index contributed by atoms with van der Waals surface area (Å²) in [4.78, 5) is 23.0. The molecule has 0 aliphatic carbocycles. The van der Waals surface area contributed by atoms with Gasteiger partial charge < -0.3 is 15.7 Å². The topological polar surface area (TPSA) is 96.8 Å². The van der Waals surface area contributed by atoms with Gasteiger partial charge >= 0.3 is 6.18 Å². The van der Waals surface area contributed by atoms with E-state index in [1.54, 1.807) is 40.9 Å². The number of anilines is 1. The molecule has 2 unspecified atom stereocenters. The first-order valence-corrected chi connectivity index (χ1v) is 13.6. The molecule has 2 aromatic heterocycles. The van der Waals surface area contributed by atoms with E-state index in [0.29, 0.717) is 40.1 Å². The van der Waals surface area contributed by atoms with Crippen LogP contribution in [0.4, 0.5) is 27.8 Å². The van der Waals surface area contributed by atoms with Crippen LogP contribution in [0.15, 0.2) is 60.9 Å². The minimum Gasteiger partial charge on any atom is -0.382 e. The molecular weight excluding hydrogens is 557 g/mol. The van der Waals surface area contributed by atoms with Crippen molar-refractivity contribution in [3.63, 3.8) is 0 Å². The summed E-state index contributed by atoms with van der Waals surface area (Å²) in [6.07, 6.45) is -3.81. The number of amides is 1. The SMILES string of the molecule is CC(O)(c1ccc(-c2nc([C@@H]3CC[C@H]4C(C(F)(F)F)CC(=O)N4C3)n3ccnc(N)c23)cc1)c1cccc(C(F)F)c1. The Labute approximate surface area is 237 Å². The third-order valence-electron chi connectivity index (χ3n) is 8.62. The minimum absolute atomic E-state index is 0.121. The molecule has 0 saturated carbocycles. The number of imidazole rings is 1. The Bertz CT molecular complexity index is 1650. The van der Waals surface area contributed by atoms with Crippen molar-refractivity contribution in [2.45, 2.75) is 56.3 Å². The van der Waals surface area contributed by atoms with E-state index in [-0.39, 0.29) is 30.3 Å². The Morgan fingerprint density at radius 3 is 2.50 bits per heavy atom. The molecule has 6 rings (SSSR count). The highest BCUT2D eigenvalue weighted by Crippen LogP contribution is 2.45. The normalized spacial score (nSPS) is 22.5. The van der Waals surface area contributed by atoms with Crippen molar-refractivity contribution < 1.29 is 31.9 Å². The average molecular weight is 586 g/mol. The lowest BCUT2D eigenvalue weighted by molar-refractivity contribution is -0.182. The molecule has 2 aliphatic heterocycles. The van der Waals surface area contributed by atoms with Crippen LogP contribution in [0.3, 0.4) is 0 Å². The Kier molecular flexibility index (Phi) is 6.71. The van der Waals surface area contributed by atoms with Crippen LogP contribution in [0.1, 0.15) is 61.0 Å². The van der Waals surface area contributed by atoms with E-state index in [4.69, 9.17) is 10.7 Å². The van der Waals surface area contributed by atoms with Crippen LogP contribution in [-0.2, 0) is 10.4 Å². The summed E-state index contributed by atoms with van der Waals surface area (Å²) in [5.74, 6) is -1.71. The summed E-state index contributed by atoms with van der Waals surface area (Å²) < 4.78 is 68.9. The molecule has 0 radical (unpaired) electrons. The molecular formula is C30H28F5N5O2. The zero-order valence-electron chi connectivity index (χ0n) is 22.5. The van der Waals surface area contributed by atoms with Gasteiger partial charge in [-0.3, -0.25) is 9.20 Å². The number of piperidine rings is 1. The van der Waals surface area contributed by atoms with Crippen molar-refractivity contribution in [1.82, 2.24) is 19.3 Å². The highest BCUT2D eigenvalue weighted by atomic mass is 19.4. The lowest BCUT2D eigenvalue weighted by Crippen LogP contribution is -2.45. The van der Waals surface area contributed by atoms with Crippen molar-refractivity contribution in [2.75, 3.05) is 12.3 Å². The number of halogens is 5. The highest BCUT2D eigenvalue weighted by molar-refractivity contribution is 5.85. The van der Waals surface area contributed by atoms with Gasteiger partial charge in [0, 0.05) is 48.4 Å². The average Bonchev–Trinajstić information content (AvgIpc) is 3.52. The van der Waals surface area contributed by atoms with Crippen LogP contribution >= 0.6 is 0 Å². The molecule has 4 atom stereocenters. The predicted molar refractivity (Wildman–Crippen MR) is 145 cm³/mol. The Balaban J connectivity index is 1.33. The molecule has 2 aliphatic rings. The molecule has 3 N–H and O–H groups in total. The monoisotopic (exact) mass is 585 g/mol. The number of carbonyl (C=O) groups excluding carboxylic acids is 1. The van der Waals surface area contributed by atoms with E-state index >= 15 is 0 Å². The number of fused-ring (bicyclic) bond motifs is 2. The molecule has 4 aromatic rings. The Morgan fingerprint density at radius 2 is 1.81 bits per heavy atom. The molecule has 2 fully saturated rings. The second-order valence-corrected chi connectivity index (χ2v) is 11.2. The highest BCUT2D eigenvalue weighted by Gasteiger charge is 2.55. The van der Waals surface area contributed by atoms with E-state index in [0.717, 1.165) is 0 Å². The molecule has 0 bridgehead atoms. The third kappa shape index (κ3) is 4.67. The number of rotatable bonds is 5. The maximum Gasteiger partial charge on any atom is 0.394 e. The number of nitrogens with zero attached hydrogens (tertiary/aromatic N) is 4. The number of aromatic nitrogens is 3. The van der Waals surface area contributed by atoms with Crippen LogP contribution in [0, 0.1) is 5.92 Å². The van der Waals surface area contributed by atoms with Crippen LogP contribution < -0.4 is 5.73 Å². The Morgan fingerprint density at radius 1 is 1.07 bits per heavy atom. The molecule has 12 heteroatoms. The number of aliphatic hydroxyl groups is 1. The number of alkyl halides is 5. The van der Waals surface area contributed by atoms with Gasteiger partial charge in [0.2, 0.25) is 5.91 Å². The van der Waals surface area contributed by atoms with E-state index in [1.165, 1.54) is 36.2 Å². The van der Waals surface area contributed by atoms with E-state index in [2.05, 4.69) is 4.98 Å². The van der Waals surface area contributed by atoms with Gasteiger partial charge in [-0.1, -0.05) is 42.5 Å².